The maximum Gasteiger partial charge on any atom is 0.305 e. The molecule has 0 aliphatic rings. The summed E-state index contributed by atoms with van der Waals surface area (Å²) in [6, 6.07) is 0. The van der Waals surface area contributed by atoms with E-state index in [4.69, 9.17) is 18.9 Å². The van der Waals surface area contributed by atoms with Gasteiger partial charge in [0.1, 0.15) is 0 Å². The number of esters is 4. The minimum atomic E-state index is -0.164. The first-order valence-electron chi connectivity index (χ1n) is 16.0. The van der Waals surface area contributed by atoms with E-state index in [-0.39, 0.29) is 23.9 Å². The van der Waals surface area contributed by atoms with Gasteiger partial charge in [0.05, 0.1) is 26.4 Å². The van der Waals surface area contributed by atoms with Crippen molar-refractivity contribution in [3.63, 3.8) is 0 Å². The molecule has 8 nitrogen and oxygen atoms in total. The SMILES string of the molecule is CCCCCCOC(=O)CCCCC(=O)OCCCCCC.CCCCOC(=O)CCCCC(=O)OCCCC. The lowest BCUT2D eigenvalue weighted by Crippen LogP contribution is -2.08. The highest BCUT2D eigenvalue weighted by atomic mass is 16.5. The van der Waals surface area contributed by atoms with Crippen molar-refractivity contribution in [3.05, 3.63) is 0 Å². The first-order chi connectivity index (χ1) is 19.4. The molecule has 0 atom stereocenters. The molecule has 0 spiro atoms. The van der Waals surface area contributed by atoms with Gasteiger partial charge in [-0.15, -0.1) is 0 Å². The van der Waals surface area contributed by atoms with Crippen molar-refractivity contribution in [3.8, 4) is 0 Å². The van der Waals surface area contributed by atoms with E-state index in [1.807, 2.05) is 0 Å². The third kappa shape index (κ3) is 33.9. The van der Waals surface area contributed by atoms with Gasteiger partial charge in [0.2, 0.25) is 0 Å². The van der Waals surface area contributed by atoms with E-state index < -0.39 is 0 Å². The molecule has 0 heterocycles. The van der Waals surface area contributed by atoms with E-state index in [2.05, 4.69) is 27.7 Å². The van der Waals surface area contributed by atoms with Crippen molar-refractivity contribution in [2.24, 2.45) is 0 Å². The molecule has 0 fully saturated rings. The molecular weight excluding hydrogens is 512 g/mol. The topological polar surface area (TPSA) is 105 Å². The second kappa shape index (κ2) is 33.1. The number of ether oxygens (including phenoxy) is 4. The molecule has 0 unspecified atom stereocenters. The van der Waals surface area contributed by atoms with Crippen LogP contribution in [0.3, 0.4) is 0 Å². The fraction of sp³-hybridized carbons (Fsp3) is 0.875. The van der Waals surface area contributed by atoms with Gasteiger partial charge in [-0.1, -0.05) is 79.1 Å². The molecule has 0 aromatic carbocycles. The first-order valence-corrected chi connectivity index (χ1v) is 16.0. The van der Waals surface area contributed by atoms with Crippen LogP contribution in [0.1, 0.15) is 156 Å². The summed E-state index contributed by atoms with van der Waals surface area (Å²) in [5.41, 5.74) is 0. The molecule has 0 N–H and O–H groups in total. The van der Waals surface area contributed by atoms with Crippen molar-refractivity contribution in [2.75, 3.05) is 26.4 Å². The van der Waals surface area contributed by atoms with Crippen LogP contribution in [0.4, 0.5) is 0 Å². The molecule has 0 saturated heterocycles. The van der Waals surface area contributed by atoms with Gasteiger partial charge in [-0.05, 0) is 51.4 Å². The van der Waals surface area contributed by atoms with Crippen LogP contribution in [0.15, 0.2) is 0 Å². The molecule has 0 bridgehead atoms. The number of unbranched alkanes of at least 4 members (excludes halogenated alkanes) is 10. The summed E-state index contributed by atoms with van der Waals surface area (Å²) in [5, 5.41) is 0. The van der Waals surface area contributed by atoms with Gasteiger partial charge in [0.25, 0.3) is 0 Å². The average molecular weight is 573 g/mol. The Labute approximate surface area is 244 Å². The van der Waals surface area contributed by atoms with Gasteiger partial charge in [-0.25, -0.2) is 0 Å². The highest BCUT2D eigenvalue weighted by Crippen LogP contribution is 2.06. The van der Waals surface area contributed by atoms with Crippen LogP contribution in [-0.4, -0.2) is 50.3 Å². The first kappa shape index (κ1) is 40.0. The van der Waals surface area contributed by atoms with E-state index >= 15 is 0 Å². The highest BCUT2D eigenvalue weighted by Gasteiger charge is 2.07. The summed E-state index contributed by atoms with van der Waals surface area (Å²) < 4.78 is 20.3. The smallest absolute Gasteiger partial charge is 0.305 e. The number of hydrogen-bond donors (Lipinski definition) is 0. The highest BCUT2D eigenvalue weighted by molar-refractivity contribution is 5.71. The lowest BCUT2D eigenvalue weighted by Gasteiger charge is -2.05. The molecule has 236 valence electrons. The molecule has 8 heteroatoms. The third-order valence-corrected chi connectivity index (χ3v) is 6.07. The monoisotopic (exact) mass is 572 g/mol. The average Bonchev–Trinajstić information content (AvgIpc) is 2.94. The summed E-state index contributed by atoms with van der Waals surface area (Å²) in [6.45, 7) is 10.5. The summed E-state index contributed by atoms with van der Waals surface area (Å²) in [6.07, 6.45) is 17.1. The standard InChI is InChI=1S/C18H34O4.C14H26O4/c1-3-5-7-11-15-21-17(19)13-9-10-14-18(20)22-16-12-8-6-4-2;1-3-5-11-17-13(15)9-7-8-10-14(16)18-12-6-4-2/h3-16H2,1-2H3;3-12H2,1-2H3. The fourth-order valence-electron chi connectivity index (χ4n) is 3.46. The maximum atomic E-state index is 11.5. The molecule has 0 aliphatic carbocycles. The maximum absolute atomic E-state index is 11.5. The van der Waals surface area contributed by atoms with E-state index in [1.54, 1.807) is 0 Å². The Morgan fingerprint density at radius 2 is 0.575 bits per heavy atom. The van der Waals surface area contributed by atoms with Crippen molar-refractivity contribution >= 4 is 23.9 Å². The summed E-state index contributed by atoms with van der Waals surface area (Å²) in [4.78, 5) is 45.4. The van der Waals surface area contributed by atoms with E-state index in [0.717, 1.165) is 51.4 Å². The molecule has 0 amide bonds. The second-order valence-electron chi connectivity index (χ2n) is 10.1. The van der Waals surface area contributed by atoms with E-state index in [9.17, 15) is 19.2 Å². The normalized spacial score (nSPS) is 10.3. The molecule has 0 aromatic rings. The molecule has 40 heavy (non-hydrogen) atoms. The van der Waals surface area contributed by atoms with Crippen molar-refractivity contribution in [1.82, 2.24) is 0 Å². The van der Waals surface area contributed by atoms with Crippen LogP contribution in [-0.2, 0) is 38.1 Å². The Morgan fingerprint density at radius 3 is 0.825 bits per heavy atom. The molecule has 0 rings (SSSR count). The molecule has 0 aliphatic heterocycles. The van der Waals surface area contributed by atoms with Crippen LogP contribution in [0.5, 0.6) is 0 Å². The van der Waals surface area contributed by atoms with Gasteiger partial charge >= 0.3 is 23.9 Å². The Bertz CT molecular complexity index is 554. The lowest BCUT2D eigenvalue weighted by atomic mass is 10.2. The van der Waals surface area contributed by atoms with Crippen LogP contribution < -0.4 is 0 Å². The van der Waals surface area contributed by atoms with Crippen molar-refractivity contribution < 1.29 is 38.1 Å². The summed E-state index contributed by atoms with van der Waals surface area (Å²) >= 11 is 0. The minimum absolute atomic E-state index is 0.149. The largest absolute Gasteiger partial charge is 0.466 e. The van der Waals surface area contributed by atoms with Gasteiger partial charge < -0.3 is 18.9 Å². The van der Waals surface area contributed by atoms with Gasteiger partial charge in [-0.2, -0.15) is 0 Å². The molecular formula is C32H60O8. The summed E-state index contributed by atoms with van der Waals surface area (Å²) in [7, 11) is 0. The van der Waals surface area contributed by atoms with Gasteiger partial charge in [0, 0.05) is 25.7 Å². The third-order valence-electron chi connectivity index (χ3n) is 6.07. The zero-order valence-corrected chi connectivity index (χ0v) is 26.2. The van der Waals surface area contributed by atoms with Crippen LogP contribution >= 0.6 is 0 Å². The van der Waals surface area contributed by atoms with Crippen molar-refractivity contribution in [2.45, 2.75) is 156 Å². The van der Waals surface area contributed by atoms with E-state index in [1.165, 1.54) is 25.7 Å². The molecule has 0 radical (unpaired) electrons. The minimum Gasteiger partial charge on any atom is -0.466 e. The van der Waals surface area contributed by atoms with Gasteiger partial charge in [-0.3, -0.25) is 19.2 Å². The Balaban J connectivity index is 0. The number of carbonyl (C=O) groups excluding carboxylic acids is 4. The predicted octanol–water partition coefficient (Wildman–Crippen LogP) is 8.03. The predicted molar refractivity (Wildman–Crippen MR) is 159 cm³/mol. The summed E-state index contributed by atoms with van der Waals surface area (Å²) in [5.74, 6) is -0.625. The zero-order chi connectivity index (χ0) is 30.1. The number of carbonyl (C=O) groups is 4. The van der Waals surface area contributed by atoms with Crippen LogP contribution in [0.2, 0.25) is 0 Å². The van der Waals surface area contributed by atoms with Crippen molar-refractivity contribution in [1.29, 1.82) is 0 Å². The lowest BCUT2D eigenvalue weighted by molar-refractivity contribution is -0.146. The second-order valence-corrected chi connectivity index (χ2v) is 10.1. The Kier molecular flexibility index (Phi) is 33.1. The number of hydrogen-bond acceptors (Lipinski definition) is 8. The van der Waals surface area contributed by atoms with Crippen LogP contribution in [0, 0.1) is 0 Å². The molecule has 0 saturated carbocycles. The van der Waals surface area contributed by atoms with Gasteiger partial charge in [0.15, 0.2) is 0 Å². The van der Waals surface area contributed by atoms with Crippen LogP contribution in [0.25, 0.3) is 0 Å². The fourth-order valence-corrected chi connectivity index (χ4v) is 3.46. The quantitative estimate of drug-likeness (QED) is 0.0583. The van der Waals surface area contributed by atoms with E-state index in [0.29, 0.717) is 77.8 Å². The Hall–Kier alpha value is -2.12. The zero-order valence-electron chi connectivity index (χ0n) is 26.2. The molecule has 0 aromatic heterocycles. The number of rotatable bonds is 26. The Morgan fingerprint density at radius 1 is 0.325 bits per heavy atom.